The Morgan fingerprint density at radius 1 is 1.50 bits per heavy atom. The van der Waals surface area contributed by atoms with Crippen LogP contribution in [-0.4, -0.2) is 17.2 Å². The highest BCUT2D eigenvalue weighted by Gasteiger charge is 2.25. The molecular formula is C12H15NO3. The number of hydrogen-bond acceptors (Lipinski definition) is 3. The Bertz CT molecular complexity index is 388. The first-order chi connectivity index (χ1) is 7.66. The molecule has 0 saturated heterocycles. The molecule has 1 saturated carbocycles. The van der Waals surface area contributed by atoms with E-state index >= 15 is 0 Å². The van der Waals surface area contributed by atoms with E-state index in [4.69, 9.17) is 15.6 Å². The topological polar surface area (TPSA) is 72.6 Å². The van der Waals surface area contributed by atoms with Crippen LogP contribution in [0.25, 0.3) is 0 Å². The number of aliphatic carboxylic acids is 1. The zero-order valence-electron chi connectivity index (χ0n) is 8.93. The molecule has 86 valence electrons. The van der Waals surface area contributed by atoms with Crippen LogP contribution in [0.4, 0.5) is 0 Å². The van der Waals surface area contributed by atoms with E-state index in [1.165, 1.54) is 0 Å². The summed E-state index contributed by atoms with van der Waals surface area (Å²) in [6.45, 7) is 0. The summed E-state index contributed by atoms with van der Waals surface area (Å²) in [5, 5.41) is 8.71. The maximum atomic E-state index is 10.6. The van der Waals surface area contributed by atoms with Crippen LogP contribution >= 0.6 is 0 Å². The summed E-state index contributed by atoms with van der Waals surface area (Å²) in [6.07, 6.45) is 2.36. The summed E-state index contributed by atoms with van der Waals surface area (Å²) >= 11 is 0. The predicted molar refractivity (Wildman–Crippen MR) is 59.3 cm³/mol. The van der Waals surface area contributed by atoms with Gasteiger partial charge >= 0.3 is 5.97 Å². The Labute approximate surface area is 94.0 Å². The number of benzene rings is 1. The van der Waals surface area contributed by atoms with Crippen molar-refractivity contribution in [2.75, 3.05) is 0 Å². The lowest BCUT2D eigenvalue weighted by atomic mass is 10.0. The summed E-state index contributed by atoms with van der Waals surface area (Å²) in [6, 6.07) is 6.87. The molecule has 1 aliphatic carbocycles. The molecule has 16 heavy (non-hydrogen) atoms. The summed E-state index contributed by atoms with van der Waals surface area (Å²) in [4.78, 5) is 10.6. The van der Waals surface area contributed by atoms with Crippen LogP contribution in [-0.2, 0) is 4.79 Å². The van der Waals surface area contributed by atoms with E-state index in [0.29, 0.717) is 0 Å². The van der Waals surface area contributed by atoms with E-state index in [0.717, 1.165) is 24.2 Å². The first-order valence-electron chi connectivity index (χ1n) is 5.40. The normalized spacial score (nSPS) is 16.8. The molecule has 4 heteroatoms. The van der Waals surface area contributed by atoms with Crippen molar-refractivity contribution >= 4 is 5.97 Å². The number of carboxylic acids is 1. The van der Waals surface area contributed by atoms with Crippen LogP contribution in [0, 0.1) is 0 Å². The van der Waals surface area contributed by atoms with E-state index in [1.54, 1.807) is 0 Å². The van der Waals surface area contributed by atoms with Gasteiger partial charge in [-0.15, -0.1) is 0 Å². The molecule has 3 N–H and O–H groups in total. The van der Waals surface area contributed by atoms with Gasteiger partial charge in [0.15, 0.2) is 0 Å². The summed E-state index contributed by atoms with van der Waals surface area (Å²) in [7, 11) is 0. The number of ether oxygens (including phenoxy) is 1. The van der Waals surface area contributed by atoms with Crippen molar-refractivity contribution in [3.8, 4) is 5.75 Å². The average Bonchev–Trinajstić information content (AvgIpc) is 3.01. The van der Waals surface area contributed by atoms with Gasteiger partial charge in [-0.25, -0.2) is 0 Å². The highest BCUT2D eigenvalue weighted by molar-refractivity contribution is 5.68. The van der Waals surface area contributed by atoms with E-state index < -0.39 is 12.0 Å². The van der Waals surface area contributed by atoms with Gasteiger partial charge in [-0.2, -0.15) is 0 Å². The molecule has 2 rings (SSSR count). The maximum Gasteiger partial charge on any atom is 0.305 e. The molecule has 1 fully saturated rings. The van der Waals surface area contributed by atoms with Gasteiger partial charge in [-0.05, 0) is 18.9 Å². The zero-order chi connectivity index (χ0) is 11.5. The van der Waals surface area contributed by atoms with Crippen LogP contribution in [0.5, 0.6) is 5.75 Å². The first-order valence-corrected chi connectivity index (χ1v) is 5.40. The third kappa shape index (κ3) is 2.73. The smallest absolute Gasteiger partial charge is 0.305 e. The molecule has 1 aromatic carbocycles. The number of carbonyl (C=O) groups is 1. The molecule has 0 aliphatic heterocycles. The largest absolute Gasteiger partial charge is 0.490 e. The number of rotatable bonds is 5. The number of carboxylic acid groups (broad SMARTS) is 1. The third-order valence-corrected chi connectivity index (χ3v) is 2.53. The maximum absolute atomic E-state index is 10.6. The minimum Gasteiger partial charge on any atom is -0.490 e. The van der Waals surface area contributed by atoms with Gasteiger partial charge in [0.05, 0.1) is 12.5 Å². The quantitative estimate of drug-likeness (QED) is 0.793. The lowest BCUT2D eigenvalue weighted by molar-refractivity contribution is -0.137. The third-order valence-electron chi connectivity index (χ3n) is 2.53. The number of nitrogens with two attached hydrogens (primary N) is 1. The average molecular weight is 221 g/mol. The standard InChI is InChI=1S/C12H15NO3/c13-10(7-12(14)15)9-3-1-2-4-11(9)16-8-5-6-8/h1-4,8,10H,5-7,13H2,(H,14,15). The van der Waals surface area contributed by atoms with E-state index in [1.807, 2.05) is 24.3 Å². The summed E-state index contributed by atoms with van der Waals surface area (Å²) in [5.74, 6) is -0.174. The molecule has 1 unspecified atom stereocenters. The van der Waals surface area contributed by atoms with Crippen molar-refractivity contribution in [3.63, 3.8) is 0 Å². The Morgan fingerprint density at radius 2 is 2.19 bits per heavy atom. The molecule has 0 radical (unpaired) electrons. The Kier molecular flexibility index (Phi) is 3.10. The van der Waals surface area contributed by atoms with Crippen LogP contribution in [0.3, 0.4) is 0 Å². The molecule has 0 aromatic heterocycles. The van der Waals surface area contributed by atoms with Crippen LogP contribution in [0.1, 0.15) is 30.9 Å². The highest BCUT2D eigenvalue weighted by atomic mass is 16.5. The van der Waals surface area contributed by atoms with E-state index in [9.17, 15) is 4.79 Å². The van der Waals surface area contributed by atoms with Gasteiger partial charge in [-0.3, -0.25) is 4.79 Å². The van der Waals surface area contributed by atoms with Gasteiger partial charge in [0, 0.05) is 11.6 Å². The van der Waals surface area contributed by atoms with Gasteiger partial charge in [0.25, 0.3) is 0 Å². The fourth-order valence-electron chi connectivity index (χ4n) is 1.56. The second-order valence-corrected chi connectivity index (χ2v) is 4.06. The number of hydrogen-bond donors (Lipinski definition) is 2. The van der Waals surface area contributed by atoms with E-state index in [2.05, 4.69) is 0 Å². The lowest BCUT2D eigenvalue weighted by Crippen LogP contribution is -2.16. The molecule has 1 aliphatic rings. The Morgan fingerprint density at radius 3 is 2.81 bits per heavy atom. The second kappa shape index (κ2) is 4.53. The van der Waals surface area contributed by atoms with Gasteiger partial charge in [0.1, 0.15) is 5.75 Å². The van der Waals surface area contributed by atoms with E-state index in [-0.39, 0.29) is 12.5 Å². The number of para-hydroxylation sites is 1. The predicted octanol–water partition coefficient (Wildman–Crippen LogP) is 1.70. The van der Waals surface area contributed by atoms with Gasteiger partial charge in [0.2, 0.25) is 0 Å². The van der Waals surface area contributed by atoms with Crippen LogP contribution in [0.2, 0.25) is 0 Å². The first kappa shape index (κ1) is 11.0. The van der Waals surface area contributed by atoms with Gasteiger partial charge < -0.3 is 15.6 Å². The van der Waals surface area contributed by atoms with Crippen molar-refractivity contribution in [2.45, 2.75) is 31.4 Å². The second-order valence-electron chi connectivity index (χ2n) is 4.06. The Balaban J connectivity index is 2.13. The van der Waals surface area contributed by atoms with Gasteiger partial charge in [-0.1, -0.05) is 18.2 Å². The minimum absolute atomic E-state index is 0.0783. The summed E-state index contributed by atoms with van der Waals surface area (Å²) < 4.78 is 5.69. The zero-order valence-corrected chi connectivity index (χ0v) is 8.93. The summed E-state index contributed by atoms with van der Waals surface area (Å²) in [5.41, 5.74) is 6.61. The molecule has 0 heterocycles. The van der Waals surface area contributed by atoms with Crippen molar-refractivity contribution in [2.24, 2.45) is 5.73 Å². The molecule has 1 atom stereocenters. The fraction of sp³-hybridized carbons (Fsp3) is 0.417. The lowest BCUT2D eigenvalue weighted by Gasteiger charge is -2.15. The molecule has 0 bridgehead atoms. The Hall–Kier alpha value is -1.55. The molecule has 0 spiro atoms. The molecule has 0 amide bonds. The van der Waals surface area contributed by atoms with Crippen molar-refractivity contribution in [3.05, 3.63) is 29.8 Å². The molecule has 1 aromatic rings. The van der Waals surface area contributed by atoms with Crippen molar-refractivity contribution in [1.29, 1.82) is 0 Å². The molecule has 4 nitrogen and oxygen atoms in total. The monoisotopic (exact) mass is 221 g/mol. The van der Waals surface area contributed by atoms with Crippen LogP contribution in [0.15, 0.2) is 24.3 Å². The highest BCUT2D eigenvalue weighted by Crippen LogP contribution is 2.32. The fourth-order valence-corrected chi connectivity index (χ4v) is 1.56. The van der Waals surface area contributed by atoms with Crippen molar-refractivity contribution in [1.82, 2.24) is 0 Å². The van der Waals surface area contributed by atoms with Crippen molar-refractivity contribution < 1.29 is 14.6 Å². The molecular weight excluding hydrogens is 206 g/mol. The van der Waals surface area contributed by atoms with Crippen LogP contribution < -0.4 is 10.5 Å². The minimum atomic E-state index is -0.895. The SMILES string of the molecule is NC(CC(=O)O)c1ccccc1OC1CC1.